The number of hydrogen-bond donors (Lipinski definition) is 3. The summed E-state index contributed by atoms with van der Waals surface area (Å²) >= 11 is 5.91. The first-order chi connectivity index (χ1) is 9.81. The van der Waals surface area contributed by atoms with Crippen LogP contribution in [0.3, 0.4) is 0 Å². The maximum absolute atomic E-state index is 11.8. The fraction of sp³-hybridized carbons (Fsp3) is 0.467. The van der Waals surface area contributed by atoms with Crippen LogP contribution in [0.25, 0.3) is 0 Å². The van der Waals surface area contributed by atoms with Crippen molar-refractivity contribution in [2.75, 3.05) is 6.54 Å². The maximum atomic E-state index is 11.8. The Kier molecular flexibility index (Phi) is 6.65. The Hall–Kier alpha value is -1.59. The van der Waals surface area contributed by atoms with Crippen LogP contribution in [0.2, 0.25) is 5.02 Å². The quantitative estimate of drug-likeness (QED) is 0.746. The van der Waals surface area contributed by atoms with E-state index in [1.165, 1.54) is 0 Å². The number of nitrogens with one attached hydrogen (secondary N) is 2. The Labute approximate surface area is 130 Å². The third-order valence-corrected chi connectivity index (χ3v) is 3.41. The van der Waals surface area contributed by atoms with Crippen LogP contribution in [-0.2, 0) is 9.59 Å². The molecule has 2 amide bonds. The van der Waals surface area contributed by atoms with Crippen molar-refractivity contribution >= 4 is 23.4 Å². The molecule has 0 aliphatic carbocycles. The Balaban J connectivity index is 2.45. The smallest absolute Gasteiger partial charge is 0.239 e. The lowest BCUT2D eigenvalue weighted by atomic mass is 10.1. The van der Waals surface area contributed by atoms with E-state index >= 15 is 0 Å². The monoisotopic (exact) mass is 311 g/mol. The van der Waals surface area contributed by atoms with Crippen molar-refractivity contribution in [1.82, 2.24) is 10.6 Å². The molecular formula is C15H22ClN3O2. The standard InChI is InChI=1S/C15H22ClN3O2/c1-9(2)14(17)15(21)18-8-13(20)19-10(3)11-5-4-6-12(16)7-11/h4-7,9-10,14H,8,17H2,1-3H3,(H,18,21)(H,19,20)/t10-,14+/m1/s1. The van der Waals surface area contributed by atoms with Gasteiger partial charge < -0.3 is 16.4 Å². The summed E-state index contributed by atoms with van der Waals surface area (Å²) < 4.78 is 0. The van der Waals surface area contributed by atoms with E-state index < -0.39 is 6.04 Å². The molecule has 0 aromatic heterocycles. The van der Waals surface area contributed by atoms with Gasteiger partial charge in [0, 0.05) is 5.02 Å². The molecule has 2 atom stereocenters. The van der Waals surface area contributed by atoms with E-state index in [1.54, 1.807) is 12.1 Å². The van der Waals surface area contributed by atoms with Gasteiger partial charge in [0.1, 0.15) is 0 Å². The molecule has 0 radical (unpaired) electrons. The van der Waals surface area contributed by atoms with Gasteiger partial charge in [-0.05, 0) is 30.5 Å². The Bertz CT molecular complexity index is 505. The predicted molar refractivity (Wildman–Crippen MR) is 83.8 cm³/mol. The highest BCUT2D eigenvalue weighted by atomic mass is 35.5. The van der Waals surface area contributed by atoms with Crippen molar-refractivity contribution < 1.29 is 9.59 Å². The summed E-state index contributed by atoms with van der Waals surface area (Å²) in [6.07, 6.45) is 0. The van der Waals surface area contributed by atoms with Gasteiger partial charge in [-0.25, -0.2) is 0 Å². The Morgan fingerprint density at radius 3 is 2.52 bits per heavy atom. The molecule has 0 heterocycles. The van der Waals surface area contributed by atoms with Gasteiger partial charge in [-0.2, -0.15) is 0 Å². The van der Waals surface area contributed by atoms with E-state index in [1.807, 2.05) is 32.9 Å². The lowest BCUT2D eigenvalue weighted by molar-refractivity contribution is -0.127. The molecule has 0 aliphatic rings. The van der Waals surface area contributed by atoms with Crippen LogP contribution in [0.1, 0.15) is 32.4 Å². The normalized spacial score (nSPS) is 13.6. The van der Waals surface area contributed by atoms with Crippen LogP contribution in [0.5, 0.6) is 0 Å². The van der Waals surface area contributed by atoms with Gasteiger partial charge in [-0.15, -0.1) is 0 Å². The van der Waals surface area contributed by atoms with Crippen LogP contribution < -0.4 is 16.4 Å². The van der Waals surface area contributed by atoms with Crippen LogP contribution >= 0.6 is 11.6 Å². The van der Waals surface area contributed by atoms with Crippen molar-refractivity contribution in [2.45, 2.75) is 32.9 Å². The SMILES string of the molecule is CC(C)[C@H](N)C(=O)NCC(=O)N[C@H](C)c1cccc(Cl)c1. The number of halogens is 1. The summed E-state index contributed by atoms with van der Waals surface area (Å²) in [5.74, 6) is -0.569. The van der Waals surface area contributed by atoms with Crippen LogP contribution in [0.4, 0.5) is 0 Å². The average molecular weight is 312 g/mol. The van der Waals surface area contributed by atoms with Crippen molar-refractivity contribution in [3.8, 4) is 0 Å². The average Bonchev–Trinajstić information content (AvgIpc) is 2.43. The zero-order chi connectivity index (χ0) is 16.0. The predicted octanol–water partition coefficient (Wildman–Crippen LogP) is 1.62. The van der Waals surface area contributed by atoms with Gasteiger partial charge in [0.25, 0.3) is 0 Å². The van der Waals surface area contributed by atoms with Crippen LogP contribution in [0, 0.1) is 5.92 Å². The summed E-state index contributed by atoms with van der Waals surface area (Å²) in [4.78, 5) is 23.5. The summed E-state index contributed by atoms with van der Waals surface area (Å²) in [6.45, 7) is 5.46. The van der Waals surface area contributed by atoms with Crippen molar-refractivity contribution in [2.24, 2.45) is 11.7 Å². The number of amides is 2. The second-order valence-corrected chi connectivity index (χ2v) is 5.77. The number of carbonyl (C=O) groups excluding carboxylic acids is 2. The topological polar surface area (TPSA) is 84.2 Å². The molecule has 116 valence electrons. The molecule has 0 fully saturated rings. The minimum absolute atomic E-state index is 0.0263. The Morgan fingerprint density at radius 1 is 1.29 bits per heavy atom. The fourth-order valence-electron chi connectivity index (χ4n) is 1.74. The van der Waals surface area contributed by atoms with Gasteiger partial charge in [-0.3, -0.25) is 9.59 Å². The molecule has 21 heavy (non-hydrogen) atoms. The minimum atomic E-state index is -0.608. The third kappa shape index (κ3) is 5.73. The zero-order valence-corrected chi connectivity index (χ0v) is 13.3. The number of rotatable bonds is 6. The molecule has 1 rings (SSSR count). The van der Waals surface area contributed by atoms with Crippen molar-refractivity contribution in [3.05, 3.63) is 34.9 Å². The molecule has 0 aliphatic heterocycles. The first-order valence-corrected chi connectivity index (χ1v) is 7.27. The molecule has 6 heteroatoms. The highest BCUT2D eigenvalue weighted by Gasteiger charge is 2.18. The molecular weight excluding hydrogens is 290 g/mol. The van der Waals surface area contributed by atoms with Crippen LogP contribution in [-0.4, -0.2) is 24.4 Å². The molecule has 4 N–H and O–H groups in total. The minimum Gasteiger partial charge on any atom is -0.348 e. The van der Waals surface area contributed by atoms with Gasteiger partial charge in [-0.1, -0.05) is 37.6 Å². The summed E-state index contributed by atoms with van der Waals surface area (Å²) in [7, 11) is 0. The molecule has 1 aromatic rings. The van der Waals surface area contributed by atoms with Crippen molar-refractivity contribution in [1.29, 1.82) is 0 Å². The zero-order valence-electron chi connectivity index (χ0n) is 12.5. The van der Waals surface area contributed by atoms with E-state index in [4.69, 9.17) is 17.3 Å². The molecule has 0 saturated carbocycles. The lowest BCUT2D eigenvalue weighted by Gasteiger charge is -2.17. The fourth-order valence-corrected chi connectivity index (χ4v) is 1.94. The molecule has 0 spiro atoms. The first kappa shape index (κ1) is 17.5. The molecule has 0 bridgehead atoms. The van der Waals surface area contributed by atoms with E-state index in [0.29, 0.717) is 5.02 Å². The molecule has 5 nitrogen and oxygen atoms in total. The number of nitrogens with two attached hydrogens (primary N) is 1. The largest absolute Gasteiger partial charge is 0.348 e. The Morgan fingerprint density at radius 2 is 1.95 bits per heavy atom. The van der Waals surface area contributed by atoms with Gasteiger partial charge in [0.2, 0.25) is 11.8 Å². The number of carbonyl (C=O) groups is 2. The molecule has 0 saturated heterocycles. The first-order valence-electron chi connectivity index (χ1n) is 6.89. The molecule has 1 aromatic carbocycles. The highest BCUT2D eigenvalue weighted by Crippen LogP contribution is 2.16. The summed E-state index contributed by atoms with van der Waals surface area (Å²) in [5.41, 5.74) is 6.60. The lowest BCUT2D eigenvalue weighted by Crippen LogP contribution is -2.47. The second-order valence-electron chi connectivity index (χ2n) is 5.33. The second kappa shape index (κ2) is 8.00. The van der Waals surface area contributed by atoms with Crippen LogP contribution in [0.15, 0.2) is 24.3 Å². The number of benzene rings is 1. The van der Waals surface area contributed by atoms with Gasteiger partial charge >= 0.3 is 0 Å². The van der Waals surface area contributed by atoms with E-state index in [9.17, 15) is 9.59 Å². The van der Waals surface area contributed by atoms with Gasteiger partial charge in [0.15, 0.2) is 0 Å². The van der Waals surface area contributed by atoms with E-state index in [-0.39, 0.29) is 30.3 Å². The highest BCUT2D eigenvalue weighted by molar-refractivity contribution is 6.30. The third-order valence-electron chi connectivity index (χ3n) is 3.17. The number of hydrogen-bond acceptors (Lipinski definition) is 3. The van der Waals surface area contributed by atoms with Gasteiger partial charge in [0.05, 0.1) is 18.6 Å². The van der Waals surface area contributed by atoms with E-state index in [0.717, 1.165) is 5.56 Å². The van der Waals surface area contributed by atoms with E-state index in [2.05, 4.69) is 10.6 Å². The summed E-state index contributed by atoms with van der Waals surface area (Å²) in [6, 6.07) is 6.47. The maximum Gasteiger partial charge on any atom is 0.239 e. The summed E-state index contributed by atoms with van der Waals surface area (Å²) in [5, 5.41) is 5.94. The van der Waals surface area contributed by atoms with Crippen molar-refractivity contribution in [3.63, 3.8) is 0 Å². The molecule has 0 unspecified atom stereocenters.